The zero-order chi connectivity index (χ0) is 11.5. The molecule has 8 heteroatoms. The van der Waals surface area contributed by atoms with E-state index >= 15 is 0 Å². The van der Waals surface area contributed by atoms with Gasteiger partial charge < -0.3 is 5.32 Å². The van der Waals surface area contributed by atoms with E-state index in [0.717, 1.165) is 0 Å². The summed E-state index contributed by atoms with van der Waals surface area (Å²) in [5.41, 5.74) is 1.70. The van der Waals surface area contributed by atoms with Crippen LogP contribution in [0.1, 0.15) is 12.8 Å². The lowest BCUT2D eigenvalue weighted by molar-refractivity contribution is -0.139. The van der Waals surface area contributed by atoms with Gasteiger partial charge in [0.2, 0.25) is 0 Å². The van der Waals surface area contributed by atoms with Crippen molar-refractivity contribution in [3.8, 4) is 0 Å². The molecule has 1 aliphatic rings. The average molecular weight is 235 g/mol. The first-order valence-corrected chi connectivity index (χ1v) is 6.28. The number of rotatable bonds is 1. The first-order valence-electron chi connectivity index (χ1n) is 4.46. The Morgan fingerprint density at radius 2 is 1.67 bits per heavy atom. The van der Waals surface area contributed by atoms with E-state index in [9.17, 15) is 18.0 Å². The van der Waals surface area contributed by atoms with E-state index in [-0.39, 0.29) is 17.5 Å². The molecule has 0 aromatic heterocycles. The summed E-state index contributed by atoms with van der Waals surface area (Å²) in [6.45, 7) is 0. The van der Waals surface area contributed by atoms with Crippen LogP contribution in [0.25, 0.3) is 0 Å². The molecule has 1 rings (SSSR count). The molecular weight excluding hydrogens is 222 g/mol. The van der Waals surface area contributed by atoms with Gasteiger partial charge in [-0.05, 0) is 12.8 Å². The van der Waals surface area contributed by atoms with Crippen molar-refractivity contribution in [1.82, 2.24) is 10.7 Å². The van der Waals surface area contributed by atoms with Crippen molar-refractivity contribution >= 4 is 21.7 Å². The molecule has 0 atom stereocenters. The molecule has 4 N–H and O–H groups in total. The van der Waals surface area contributed by atoms with E-state index in [1.54, 1.807) is 5.43 Å². The minimum Gasteiger partial charge on any atom is -0.345 e. The maximum absolute atomic E-state index is 11.1. The molecule has 0 bridgehead atoms. The fourth-order valence-electron chi connectivity index (χ4n) is 1.35. The fourth-order valence-corrected chi connectivity index (χ4v) is 2.84. The van der Waals surface area contributed by atoms with E-state index in [0.29, 0.717) is 12.8 Å². The molecule has 86 valence electrons. The molecule has 0 aromatic rings. The minimum atomic E-state index is -2.95. The first kappa shape index (κ1) is 11.9. The number of hydrogen-bond acceptors (Lipinski definition) is 5. The Morgan fingerprint density at radius 1 is 1.13 bits per heavy atom. The van der Waals surface area contributed by atoms with Crippen LogP contribution >= 0.6 is 0 Å². The van der Waals surface area contributed by atoms with Crippen LogP contribution in [0.2, 0.25) is 0 Å². The second-order valence-electron chi connectivity index (χ2n) is 3.37. The number of hydrogen-bond donors (Lipinski definition) is 3. The van der Waals surface area contributed by atoms with E-state index in [1.165, 1.54) is 0 Å². The van der Waals surface area contributed by atoms with Crippen molar-refractivity contribution in [1.29, 1.82) is 0 Å². The Morgan fingerprint density at radius 3 is 2.13 bits per heavy atom. The molecule has 2 amide bonds. The van der Waals surface area contributed by atoms with Crippen molar-refractivity contribution in [2.24, 2.45) is 5.84 Å². The molecular formula is C7H13N3O4S. The molecule has 0 spiro atoms. The molecule has 1 heterocycles. The second-order valence-corrected chi connectivity index (χ2v) is 5.68. The van der Waals surface area contributed by atoms with Crippen LogP contribution < -0.4 is 16.6 Å². The van der Waals surface area contributed by atoms with Crippen molar-refractivity contribution < 1.29 is 18.0 Å². The SMILES string of the molecule is NNC(=O)C(=O)NC1CCS(=O)(=O)CC1. The highest BCUT2D eigenvalue weighted by atomic mass is 32.2. The normalized spacial score (nSPS) is 20.6. The molecule has 7 nitrogen and oxygen atoms in total. The Labute approximate surface area is 87.3 Å². The fraction of sp³-hybridized carbons (Fsp3) is 0.714. The summed E-state index contributed by atoms with van der Waals surface area (Å²) in [6, 6.07) is -0.265. The maximum Gasteiger partial charge on any atom is 0.323 e. The van der Waals surface area contributed by atoms with Gasteiger partial charge in [0.15, 0.2) is 0 Å². The van der Waals surface area contributed by atoms with Crippen molar-refractivity contribution in [3.05, 3.63) is 0 Å². The van der Waals surface area contributed by atoms with Gasteiger partial charge in [-0.2, -0.15) is 0 Å². The van der Waals surface area contributed by atoms with Gasteiger partial charge in [-0.1, -0.05) is 0 Å². The standard InChI is InChI=1S/C7H13N3O4S/c8-10-7(12)6(11)9-5-1-3-15(13,14)4-2-5/h5H,1-4,8H2,(H,9,11)(H,10,12). The van der Waals surface area contributed by atoms with Crippen molar-refractivity contribution in [2.45, 2.75) is 18.9 Å². The van der Waals surface area contributed by atoms with Crippen LogP contribution in [0.4, 0.5) is 0 Å². The van der Waals surface area contributed by atoms with Crippen LogP contribution in [-0.2, 0) is 19.4 Å². The third kappa shape index (κ3) is 3.48. The number of carbonyl (C=O) groups is 2. The van der Waals surface area contributed by atoms with E-state index in [4.69, 9.17) is 5.84 Å². The average Bonchev–Trinajstić information content (AvgIpc) is 2.20. The molecule has 1 aliphatic heterocycles. The molecule has 0 saturated carbocycles. The molecule has 0 radical (unpaired) electrons. The highest BCUT2D eigenvalue weighted by molar-refractivity contribution is 7.91. The summed E-state index contributed by atoms with van der Waals surface area (Å²) in [7, 11) is -2.95. The predicted octanol–water partition coefficient (Wildman–Crippen LogP) is -2.33. The summed E-state index contributed by atoms with van der Waals surface area (Å²) in [6.07, 6.45) is 0.678. The topological polar surface area (TPSA) is 118 Å². The number of nitrogens with two attached hydrogens (primary N) is 1. The lowest BCUT2D eigenvalue weighted by Crippen LogP contribution is -2.48. The summed E-state index contributed by atoms with van der Waals surface area (Å²) in [5, 5.41) is 2.41. The van der Waals surface area contributed by atoms with Gasteiger partial charge in [0.25, 0.3) is 0 Å². The Balaban J connectivity index is 2.43. The Hall–Kier alpha value is -1.15. The van der Waals surface area contributed by atoms with E-state index in [1.807, 2.05) is 0 Å². The number of carbonyl (C=O) groups excluding carboxylic acids is 2. The van der Waals surface area contributed by atoms with Gasteiger partial charge in [0, 0.05) is 6.04 Å². The molecule has 0 aliphatic carbocycles. The van der Waals surface area contributed by atoms with Gasteiger partial charge in [0.05, 0.1) is 11.5 Å². The van der Waals surface area contributed by atoms with Crippen LogP contribution in [0, 0.1) is 0 Å². The monoisotopic (exact) mass is 235 g/mol. The van der Waals surface area contributed by atoms with Gasteiger partial charge >= 0.3 is 11.8 Å². The Kier molecular flexibility index (Phi) is 3.64. The summed E-state index contributed by atoms with van der Waals surface area (Å²) in [5.74, 6) is 3.09. The third-order valence-corrected chi connectivity index (χ3v) is 3.94. The second kappa shape index (κ2) is 4.58. The summed E-state index contributed by atoms with van der Waals surface area (Å²) < 4.78 is 22.1. The number of amides is 2. The van der Waals surface area contributed by atoms with Gasteiger partial charge in [0.1, 0.15) is 9.84 Å². The lowest BCUT2D eigenvalue weighted by Gasteiger charge is -2.22. The lowest BCUT2D eigenvalue weighted by atomic mass is 10.1. The largest absolute Gasteiger partial charge is 0.345 e. The molecule has 1 fully saturated rings. The predicted molar refractivity (Wildman–Crippen MR) is 52.1 cm³/mol. The summed E-state index contributed by atoms with van der Waals surface area (Å²) >= 11 is 0. The smallest absolute Gasteiger partial charge is 0.323 e. The number of sulfone groups is 1. The van der Waals surface area contributed by atoms with E-state index in [2.05, 4.69) is 5.32 Å². The van der Waals surface area contributed by atoms with Crippen LogP contribution in [0.5, 0.6) is 0 Å². The van der Waals surface area contributed by atoms with Crippen molar-refractivity contribution in [2.75, 3.05) is 11.5 Å². The first-order chi connectivity index (χ1) is 6.94. The summed E-state index contributed by atoms with van der Waals surface area (Å²) in [4.78, 5) is 21.8. The van der Waals surface area contributed by atoms with Gasteiger partial charge in [-0.15, -0.1) is 0 Å². The van der Waals surface area contributed by atoms with Crippen molar-refractivity contribution in [3.63, 3.8) is 0 Å². The van der Waals surface area contributed by atoms with Gasteiger partial charge in [-0.3, -0.25) is 15.0 Å². The quantitative estimate of drug-likeness (QED) is 0.204. The molecule has 0 unspecified atom stereocenters. The minimum absolute atomic E-state index is 0.0438. The zero-order valence-electron chi connectivity index (χ0n) is 8.02. The van der Waals surface area contributed by atoms with Crippen LogP contribution in [-0.4, -0.2) is 37.8 Å². The molecule has 15 heavy (non-hydrogen) atoms. The molecule has 1 saturated heterocycles. The van der Waals surface area contributed by atoms with Gasteiger partial charge in [-0.25, -0.2) is 14.3 Å². The van der Waals surface area contributed by atoms with E-state index < -0.39 is 21.7 Å². The third-order valence-electron chi connectivity index (χ3n) is 2.23. The maximum atomic E-state index is 11.1. The highest BCUT2D eigenvalue weighted by Gasteiger charge is 2.26. The van der Waals surface area contributed by atoms with Crippen LogP contribution in [0.3, 0.4) is 0 Å². The molecule has 0 aromatic carbocycles. The Bertz CT molecular complexity index is 350. The highest BCUT2D eigenvalue weighted by Crippen LogP contribution is 2.11. The zero-order valence-corrected chi connectivity index (χ0v) is 8.84. The van der Waals surface area contributed by atoms with Crippen LogP contribution in [0.15, 0.2) is 0 Å². The number of nitrogens with one attached hydrogen (secondary N) is 2. The number of hydrazine groups is 1.